The van der Waals surface area contributed by atoms with Gasteiger partial charge < -0.3 is 20.4 Å². The molecule has 0 saturated heterocycles. The molecule has 6 atom stereocenters. The van der Waals surface area contributed by atoms with Crippen LogP contribution in [0.2, 0.25) is 0 Å². The molecule has 0 radical (unpaired) electrons. The first kappa shape index (κ1) is 59.5. The van der Waals surface area contributed by atoms with Gasteiger partial charge in [0.05, 0.1) is 25.0 Å². The second-order valence-corrected chi connectivity index (χ2v) is 15.1. The Labute approximate surface area is 327 Å². The van der Waals surface area contributed by atoms with Crippen molar-refractivity contribution in [1.29, 1.82) is 0 Å². The molecule has 2 rings (SSSR count). The quantitative estimate of drug-likeness (QED) is 0.145. The summed E-state index contributed by atoms with van der Waals surface area (Å²) in [6.45, 7) is 34.2. The lowest BCUT2D eigenvalue weighted by Gasteiger charge is -2.22. The maximum absolute atomic E-state index is 9.04. The van der Waals surface area contributed by atoms with Crippen LogP contribution >= 0.6 is 9.24 Å². The predicted octanol–water partition coefficient (Wildman–Crippen LogP) is 13.4. The van der Waals surface area contributed by atoms with Crippen molar-refractivity contribution in [1.82, 2.24) is 0 Å². The lowest BCUT2D eigenvalue weighted by molar-refractivity contribution is 0.0662. The molecule has 3 N–H and O–H groups in total. The van der Waals surface area contributed by atoms with Crippen molar-refractivity contribution in [3.8, 4) is 0 Å². The Morgan fingerprint density at radius 2 is 1.42 bits per heavy atom. The van der Waals surface area contributed by atoms with Crippen molar-refractivity contribution in [2.75, 3.05) is 20.3 Å². The Morgan fingerprint density at radius 1 is 0.962 bits per heavy atom. The molecule has 52 heavy (non-hydrogen) atoms. The number of oxime groups is 1. The molecular weight excluding hydrogens is 665 g/mol. The zero-order valence-corrected chi connectivity index (χ0v) is 38.7. The Bertz CT molecular complexity index is 916. The number of nitrogens with two attached hydrogens (primary N) is 1. The number of aliphatic hydroxyl groups excluding tert-OH is 1. The molecule has 0 fully saturated rings. The number of hydrogen-bond acceptors (Lipinski definition) is 7. The number of benzene rings is 1. The fraction of sp³-hybridized carbons (Fsp3) is 0.795. The smallest absolute Gasteiger partial charge is 0.133 e. The standard InChI is InChI=1S/C16H24NO2P.C9H20O.C6H13N.2C5H12.C2H6.CH3NO/c1-4-14-9-15(17-19-14)12-5-7-13(8-6-12)16(18-3)11(2)10-20;1-7(2)5-8(3)6-9(4)10;1-3-5-6(7)4-2;2*1-4-5(2)3;1-2;1-2-3/h5-8,11,14,16H,4,9-10,20H2,1-3H3;7-10H,5-6H2,1-4H3;4H,3,5,7H2,1-2H3;2*5H,4H2,1-3H3;1-2H3;1H3/b;;6-4-;;;;. The molecule has 8 heteroatoms. The molecule has 1 aromatic rings. The molecule has 1 heterocycles. The van der Waals surface area contributed by atoms with Crippen LogP contribution in [0.3, 0.4) is 0 Å². The van der Waals surface area contributed by atoms with Crippen LogP contribution in [0.4, 0.5) is 0 Å². The van der Waals surface area contributed by atoms with Gasteiger partial charge in [-0.05, 0) is 86.4 Å². The molecule has 0 aromatic heterocycles. The molecule has 0 amide bonds. The molecule has 0 bridgehead atoms. The lowest BCUT2D eigenvalue weighted by Crippen LogP contribution is -2.13. The number of rotatable bonds is 14. The van der Waals surface area contributed by atoms with E-state index in [-0.39, 0.29) is 18.3 Å². The summed E-state index contributed by atoms with van der Waals surface area (Å²) in [6.07, 6.45) is 12.1. The number of methoxy groups -OCH3 is 1. The number of aliphatic hydroxyl groups is 1. The second kappa shape index (κ2) is 41.9. The van der Waals surface area contributed by atoms with Crippen molar-refractivity contribution in [3.05, 3.63) is 52.1 Å². The minimum absolute atomic E-state index is 0.131. The summed E-state index contributed by atoms with van der Waals surface area (Å²) in [6, 6.07) is 8.53. The van der Waals surface area contributed by atoms with Crippen LogP contribution in [-0.4, -0.2) is 43.3 Å². The van der Waals surface area contributed by atoms with Crippen LogP contribution in [0.15, 0.2) is 46.4 Å². The minimum atomic E-state index is -0.131. The van der Waals surface area contributed by atoms with Crippen LogP contribution in [-0.2, 0) is 9.57 Å². The summed E-state index contributed by atoms with van der Waals surface area (Å²) >= 11 is 0. The summed E-state index contributed by atoms with van der Waals surface area (Å²) in [7, 11) is 5.75. The molecule has 6 unspecified atom stereocenters. The fourth-order valence-corrected chi connectivity index (χ4v) is 4.67. The maximum atomic E-state index is 9.04. The molecular formula is C44H90N3O4P. The summed E-state index contributed by atoms with van der Waals surface area (Å²) in [5.41, 5.74) is 9.87. The third kappa shape index (κ3) is 39.4. The van der Waals surface area contributed by atoms with Crippen LogP contribution in [0, 0.1) is 34.5 Å². The zero-order valence-electron chi connectivity index (χ0n) is 37.6. The Hall–Kier alpha value is -1.82. The molecule has 7 nitrogen and oxygen atoms in total. The highest BCUT2D eigenvalue weighted by atomic mass is 31.0. The Balaban J connectivity index is -0.000000193. The SMILES string of the molecule is C/C=C(\N)CCC.CC.CC(C)CC(C)CC(C)O.CCC(C)C.CCC(C)C.CCC1CC(c2ccc(C(OC)C(C)CP)cc2)=NO1.CN=O. The van der Waals surface area contributed by atoms with Gasteiger partial charge in [-0.15, -0.1) is 9.24 Å². The number of allylic oxidation sites excluding steroid dienone is 2. The van der Waals surface area contributed by atoms with Gasteiger partial charge >= 0.3 is 0 Å². The summed E-state index contributed by atoms with van der Waals surface area (Å²) in [4.78, 5) is 13.9. The summed E-state index contributed by atoms with van der Waals surface area (Å²) < 4.78 is 5.62. The van der Waals surface area contributed by atoms with Gasteiger partial charge in [0.25, 0.3) is 0 Å². The van der Waals surface area contributed by atoms with Gasteiger partial charge in [-0.3, -0.25) is 0 Å². The normalized spacial score (nSPS) is 15.3. The van der Waals surface area contributed by atoms with Crippen molar-refractivity contribution in [2.45, 2.75) is 180 Å². The van der Waals surface area contributed by atoms with Crippen molar-refractivity contribution >= 4 is 15.0 Å². The van der Waals surface area contributed by atoms with Crippen molar-refractivity contribution in [2.24, 2.45) is 45.7 Å². The third-order valence-electron chi connectivity index (χ3n) is 8.06. The van der Waals surface area contributed by atoms with Crippen molar-refractivity contribution in [3.63, 3.8) is 0 Å². The first-order chi connectivity index (χ1) is 24.5. The van der Waals surface area contributed by atoms with E-state index in [0.29, 0.717) is 11.8 Å². The highest BCUT2D eigenvalue weighted by molar-refractivity contribution is 7.16. The molecule has 1 aliphatic heterocycles. The van der Waals surface area contributed by atoms with E-state index in [1.807, 2.05) is 33.8 Å². The van der Waals surface area contributed by atoms with Gasteiger partial charge in [-0.2, -0.15) is 4.91 Å². The van der Waals surface area contributed by atoms with E-state index in [4.69, 9.17) is 25.3 Å². The number of hydrogen-bond donors (Lipinski definition) is 2. The van der Waals surface area contributed by atoms with E-state index < -0.39 is 0 Å². The zero-order chi connectivity index (χ0) is 41.7. The van der Waals surface area contributed by atoms with Gasteiger partial charge in [-0.25, -0.2) is 0 Å². The van der Waals surface area contributed by atoms with Gasteiger partial charge in [0.1, 0.15) is 6.10 Å². The van der Waals surface area contributed by atoms with Gasteiger partial charge in [0.15, 0.2) is 0 Å². The van der Waals surface area contributed by atoms with Gasteiger partial charge in [0, 0.05) is 19.2 Å². The highest BCUT2D eigenvalue weighted by Gasteiger charge is 2.21. The molecule has 310 valence electrons. The van der Waals surface area contributed by atoms with Crippen LogP contribution in [0.5, 0.6) is 0 Å². The van der Waals surface area contributed by atoms with Crippen molar-refractivity contribution < 1.29 is 14.7 Å². The Kier molecular flexibility index (Phi) is 47.9. The van der Waals surface area contributed by atoms with E-state index in [2.05, 4.69) is 127 Å². The average Bonchev–Trinajstić information content (AvgIpc) is 3.60. The van der Waals surface area contributed by atoms with E-state index in [1.165, 1.54) is 31.9 Å². The minimum Gasteiger partial charge on any atom is -0.402 e. The topological polar surface area (TPSA) is 106 Å². The largest absolute Gasteiger partial charge is 0.402 e. The fourth-order valence-electron chi connectivity index (χ4n) is 4.42. The first-order valence-electron chi connectivity index (χ1n) is 20.3. The second-order valence-electron chi connectivity index (χ2n) is 14.6. The van der Waals surface area contributed by atoms with E-state index in [1.54, 1.807) is 7.11 Å². The van der Waals surface area contributed by atoms with Gasteiger partial charge in [0.2, 0.25) is 0 Å². The lowest BCUT2D eigenvalue weighted by atomic mass is 9.94. The summed E-state index contributed by atoms with van der Waals surface area (Å²) in [5.74, 6) is 3.67. The van der Waals surface area contributed by atoms with Gasteiger partial charge in [-0.1, -0.05) is 157 Å². The third-order valence-corrected chi connectivity index (χ3v) is 8.81. The van der Waals surface area contributed by atoms with Crippen LogP contribution in [0.1, 0.15) is 179 Å². The maximum Gasteiger partial charge on any atom is 0.133 e. The molecule has 0 aliphatic carbocycles. The molecule has 1 aromatic carbocycles. The number of nitrogens with zero attached hydrogens (tertiary/aromatic N) is 2. The van der Waals surface area contributed by atoms with Crippen LogP contribution < -0.4 is 5.73 Å². The van der Waals surface area contributed by atoms with E-state index in [9.17, 15) is 0 Å². The monoisotopic (exact) mass is 756 g/mol. The predicted molar refractivity (Wildman–Crippen MR) is 237 cm³/mol. The highest BCUT2D eigenvalue weighted by Crippen LogP contribution is 2.28. The Morgan fingerprint density at radius 3 is 1.69 bits per heavy atom. The first-order valence-corrected chi connectivity index (χ1v) is 21.2. The molecule has 0 saturated carbocycles. The van der Waals surface area contributed by atoms with Crippen LogP contribution in [0.25, 0.3) is 0 Å². The molecule has 0 spiro atoms. The average molecular weight is 756 g/mol. The van der Waals surface area contributed by atoms with E-state index in [0.717, 1.165) is 73.0 Å². The number of nitroso groups, excluding NO2 is 1. The van der Waals surface area contributed by atoms with E-state index >= 15 is 0 Å². The summed E-state index contributed by atoms with van der Waals surface area (Å²) in [5, 5.41) is 15.5. The number of ether oxygens (including phenoxy) is 1. The molecule has 1 aliphatic rings.